The van der Waals surface area contributed by atoms with Crippen LogP contribution >= 0.6 is 15.9 Å². The number of carbonyl (C=O) groups is 2. The van der Waals surface area contributed by atoms with E-state index in [4.69, 9.17) is 4.74 Å². The number of phenolic OH excluding ortho intramolecular Hbond substituents is 1. The second-order valence-corrected chi connectivity index (χ2v) is 7.20. The maximum absolute atomic E-state index is 12.5. The molecular weight excluding hydrogens is 426 g/mol. The van der Waals surface area contributed by atoms with Crippen molar-refractivity contribution in [2.75, 3.05) is 7.11 Å². The second kappa shape index (κ2) is 9.89. The zero-order valence-corrected chi connectivity index (χ0v) is 17.4. The number of methoxy groups -OCH3 is 1. The highest BCUT2D eigenvalue weighted by atomic mass is 79.9. The van der Waals surface area contributed by atoms with Crippen LogP contribution in [0.25, 0.3) is 0 Å². The Bertz CT molecular complexity index is 869. The molecule has 0 saturated carbocycles. The number of benzene rings is 2. The van der Waals surface area contributed by atoms with Crippen LogP contribution in [0.15, 0.2) is 52.0 Å². The number of nitrogens with one attached hydrogen (secondary N) is 2. The van der Waals surface area contributed by atoms with E-state index in [-0.39, 0.29) is 23.3 Å². The molecule has 0 bridgehead atoms. The fourth-order valence-electron chi connectivity index (χ4n) is 2.41. The number of hydrogen-bond donors (Lipinski definition) is 3. The SMILES string of the molecule is COc1cc(C=NNC(=O)C(NC(=O)c2ccccc2)C(C)C)cc(Br)c1O. The van der Waals surface area contributed by atoms with Crippen molar-refractivity contribution in [1.82, 2.24) is 10.7 Å². The zero-order valence-electron chi connectivity index (χ0n) is 15.8. The van der Waals surface area contributed by atoms with E-state index < -0.39 is 11.9 Å². The first-order valence-corrected chi connectivity index (χ1v) is 9.38. The van der Waals surface area contributed by atoms with Crippen molar-refractivity contribution in [2.45, 2.75) is 19.9 Å². The van der Waals surface area contributed by atoms with Crippen molar-refractivity contribution >= 4 is 34.0 Å². The summed E-state index contributed by atoms with van der Waals surface area (Å²) < 4.78 is 5.51. The smallest absolute Gasteiger partial charge is 0.262 e. The van der Waals surface area contributed by atoms with Crippen LogP contribution in [0.5, 0.6) is 11.5 Å². The molecule has 0 aliphatic rings. The number of rotatable bonds is 7. The Balaban J connectivity index is 2.05. The first-order chi connectivity index (χ1) is 13.3. The highest BCUT2D eigenvalue weighted by Gasteiger charge is 2.24. The van der Waals surface area contributed by atoms with E-state index in [9.17, 15) is 14.7 Å². The number of carbonyl (C=O) groups excluding carboxylic acids is 2. The summed E-state index contributed by atoms with van der Waals surface area (Å²) in [5.74, 6) is -0.638. The highest BCUT2D eigenvalue weighted by Crippen LogP contribution is 2.34. The number of nitrogens with zero attached hydrogens (tertiary/aromatic N) is 1. The van der Waals surface area contributed by atoms with Gasteiger partial charge in [0.15, 0.2) is 11.5 Å². The Hall–Kier alpha value is -2.87. The summed E-state index contributed by atoms with van der Waals surface area (Å²) in [5, 5.41) is 16.5. The molecule has 3 N–H and O–H groups in total. The molecule has 0 heterocycles. The minimum absolute atomic E-state index is 0.0211. The maximum atomic E-state index is 12.5. The summed E-state index contributed by atoms with van der Waals surface area (Å²) in [5.41, 5.74) is 3.52. The van der Waals surface area contributed by atoms with Crippen molar-refractivity contribution in [3.8, 4) is 11.5 Å². The Kier molecular flexibility index (Phi) is 7.57. The minimum Gasteiger partial charge on any atom is -0.503 e. The largest absolute Gasteiger partial charge is 0.503 e. The van der Waals surface area contributed by atoms with Crippen LogP contribution < -0.4 is 15.5 Å². The molecule has 0 aliphatic carbocycles. The van der Waals surface area contributed by atoms with Gasteiger partial charge in [-0.3, -0.25) is 9.59 Å². The van der Waals surface area contributed by atoms with E-state index in [1.54, 1.807) is 36.4 Å². The molecule has 1 unspecified atom stereocenters. The van der Waals surface area contributed by atoms with Crippen LogP contribution in [0.3, 0.4) is 0 Å². The van der Waals surface area contributed by atoms with Crippen molar-refractivity contribution in [3.63, 3.8) is 0 Å². The van der Waals surface area contributed by atoms with Crippen LogP contribution in [0, 0.1) is 5.92 Å². The van der Waals surface area contributed by atoms with Gasteiger partial charge in [-0.25, -0.2) is 5.43 Å². The quantitative estimate of drug-likeness (QED) is 0.448. The Morgan fingerprint density at radius 1 is 1.21 bits per heavy atom. The molecular formula is C20H22BrN3O4. The standard InChI is InChI=1S/C20H22BrN3O4/c1-12(2)17(23-19(26)14-7-5-4-6-8-14)20(27)24-22-11-13-9-15(21)18(25)16(10-13)28-3/h4-12,17,25H,1-3H3,(H,23,26)(H,24,27). The molecule has 0 saturated heterocycles. The van der Waals surface area contributed by atoms with Crippen LogP contribution in [0.4, 0.5) is 0 Å². The molecule has 0 fully saturated rings. The van der Waals surface area contributed by atoms with E-state index in [1.165, 1.54) is 13.3 Å². The average Bonchev–Trinajstić information content (AvgIpc) is 2.68. The summed E-state index contributed by atoms with van der Waals surface area (Å²) >= 11 is 3.22. The number of halogens is 1. The van der Waals surface area contributed by atoms with E-state index >= 15 is 0 Å². The number of hydrogen-bond acceptors (Lipinski definition) is 5. The van der Waals surface area contributed by atoms with Crippen LogP contribution in [0.2, 0.25) is 0 Å². The van der Waals surface area contributed by atoms with Gasteiger partial charge in [0.1, 0.15) is 6.04 Å². The van der Waals surface area contributed by atoms with Gasteiger partial charge in [0.2, 0.25) is 0 Å². The second-order valence-electron chi connectivity index (χ2n) is 6.35. The van der Waals surface area contributed by atoms with Gasteiger partial charge in [-0.2, -0.15) is 5.10 Å². The van der Waals surface area contributed by atoms with Crippen LogP contribution in [-0.4, -0.2) is 36.3 Å². The lowest BCUT2D eigenvalue weighted by Gasteiger charge is -2.20. The molecule has 2 aromatic rings. The van der Waals surface area contributed by atoms with Gasteiger partial charge in [0, 0.05) is 5.56 Å². The van der Waals surface area contributed by atoms with Gasteiger partial charge in [0.25, 0.3) is 11.8 Å². The zero-order chi connectivity index (χ0) is 20.7. The molecule has 0 radical (unpaired) electrons. The molecule has 8 heteroatoms. The van der Waals surface area contributed by atoms with Gasteiger partial charge in [-0.15, -0.1) is 0 Å². The molecule has 0 aliphatic heterocycles. The summed E-state index contributed by atoms with van der Waals surface area (Å²) in [6.07, 6.45) is 1.42. The first kappa shape index (κ1) is 21.4. The molecule has 2 amide bonds. The third kappa shape index (κ3) is 5.56. The number of amides is 2. The fraction of sp³-hybridized carbons (Fsp3) is 0.250. The third-order valence-corrected chi connectivity index (χ3v) is 4.54. The van der Waals surface area contributed by atoms with E-state index in [0.717, 1.165) is 0 Å². The lowest BCUT2D eigenvalue weighted by Crippen LogP contribution is -2.48. The third-order valence-electron chi connectivity index (χ3n) is 3.93. The first-order valence-electron chi connectivity index (χ1n) is 8.58. The molecule has 28 heavy (non-hydrogen) atoms. The summed E-state index contributed by atoms with van der Waals surface area (Å²) in [6.45, 7) is 3.67. The Morgan fingerprint density at radius 3 is 2.50 bits per heavy atom. The predicted molar refractivity (Wildman–Crippen MR) is 111 cm³/mol. The molecule has 2 rings (SSSR count). The van der Waals surface area contributed by atoms with E-state index in [1.807, 2.05) is 19.9 Å². The van der Waals surface area contributed by atoms with E-state index in [2.05, 4.69) is 31.8 Å². The van der Waals surface area contributed by atoms with Gasteiger partial charge < -0.3 is 15.2 Å². The van der Waals surface area contributed by atoms with Crippen molar-refractivity contribution < 1.29 is 19.4 Å². The molecule has 2 aromatic carbocycles. The average molecular weight is 448 g/mol. The number of hydrazone groups is 1. The summed E-state index contributed by atoms with van der Waals surface area (Å²) in [6, 6.07) is 11.1. The lowest BCUT2D eigenvalue weighted by atomic mass is 10.0. The summed E-state index contributed by atoms with van der Waals surface area (Å²) in [7, 11) is 1.44. The molecule has 0 aromatic heterocycles. The van der Waals surface area contributed by atoms with E-state index in [0.29, 0.717) is 15.6 Å². The highest BCUT2D eigenvalue weighted by molar-refractivity contribution is 9.10. The maximum Gasteiger partial charge on any atom is 0.262 e. The Labute approximate surface area is 171 Å². The lowest BCUT2D eigenvalue weighted by molar-refractivity contribution is -0.123. The molecule has 0 spiro atoms. The van der Waals surface area contributed by atoms with Gasteiger partial charge in [-0.05, 0) is 51.7 Å². The van der Waals surface area contributed by atoms with Gasteiger partial charge >= 0.3 is 0 Å². The number of phenols is 1. The van der Waals surface area contributed by atoms with Crippen molar-refractivity contribution in [3.05, 3.63) is 58.1 Å². The monoisotopic (exact) mass is 447 g/mol. The fourth-order valence-corrected chi connectivity index (χ4v) is 2.87. The Morgan fingerprint density at radius 2 is 1.89 bits per heavy atom. The van der Waals surface area contributed by atoms with Crippen LogP contribution in [-0.2, 0) is 4.79 Å². The van der Waals surface area contributed by atoms with Gasteiger partial charge in [-0.1, -0.05) is 32.0 Å². The predicted octanol–water partition coefficient (Wildman–Crippen LogP) is 3.07. The molecule has 1 atom stereocenters. The van der Waals surface area contributed by atoms with Crippen molar-refractivity contribution in [1.29, 1.82) is 0 Å². The molecule has 148 valence electrons. The normalized spacial score (nSPS) is 12.0. The number of aromatic hydroxyl groups is 1. The van der Waals surface area contributed by atoms with Gasteiger partial charge in [0.05, 0.1) is 17.8 Å². The summed E-state index contributed by atoms with van der Waals surface area (Å²) in [4.78, 5) is 24.8. The molecule has 7 nitrogen and oxygen atoms in total. The number of ether oxygens (including phenoxy) is 1. The van der Waals surface area contributed by atoms with Crippen LogP contribution in [0.1, 0.15) is 29.8 Å². The minimum atomic E-state index is -0.744. The van der Waals surface area contributed by atoms with Crippen molar-refractivity contribution in [2.24, 2.45) is 11.0 Å². The topological polar surface area (TPSA) is 100 Å².